The molecular weight excluding hydrogens is 372 g/mol. The summed E-state index contributed by atoms with van der Waals surface area (Å²) in [4.78, 5) is 17.5. The molecule has 130 valence electrons. The van der Waals surface area contributed by atoms with Crippen LogP contribution in [0.25, 0.3) is 0 Å². The first-order valence-corrected chi connectivity index (χ1v) is 10.7. The summed E-state index contributed by atoms with van der Waals surface area (Å²) in [6.07, 6.45) is 0. The third-order valence-corrected chi connectivity index (χ3v) is 7.27. The lowest BCUT2D eigenvalue weighted by Gasteiger charge is -2.24. The van der Waals surface area contributed by atoms with Gasteiger partial charge in [0.25, 0.3) is 5.91 Å². The van der Waals surface area contributed by atoms with E-state index in [4.69, 9.17) is 16.3 Å². The molecule has 0 bridgehead atoms. The Morgan fingerprint density at radius 2 is 2.08 bits per heavy atom. The van der Waals surface area contributed by atoms with Gasteiger partial charge in [0.15, 0.2) is 15.0 Å². The third-order valence-electron chi connectivity index (χ3n) is 3.83. The summed E-state index contributed by atoms with van der Waals surface area (Å²) in [6, 6.07) is 7.11. The van der Waals surface area contributed by atoms with Crippen molar-refractivity contribution in [2.45, 2.75) is 18.2 Å². The van der Waals surface area contributed by atoms with Crippen LogP contribution in [0.5, 0.6) is 5.75 Å². The van der Waals surface area contributed by atoms with E-state index in [9.17, 15) is 13.2 Å². The van der Waals surface area contributed by atoms with Crippen molar-refractivity contribution in [2.24, 2.45) is 4.99 Å². The standard InChI is InChI=1S/C15H17ClN2O4S2/c1-2-22-11-5-3-10(4-6-11)18-12-8-24(20,21)9-13(12)23-15(18)17-14(19)7-16/h3-6,12-13H,2,7-9H2,1H3. The van der Waals surface area contributed by atoms with Crippen molar-refractivity contribution >= 4 is 50.0 Å². The van der Waals surface area contributed by atoms with Crippen molar-refractivity contribution in [1.29, 1.82) is 0 Å². The number of halogens is 1. The van der Waals surface area contributed by atoms with Gasteiger partial charge < -0.3 is 9.64 Å². The van der Waals surface area contributed by atoms with Gasteiger partial charge in [-0.15, -0.1) is 11.6 Å². The highest BCUT2D eigenvalue weighted by molar-refractivity contribution is 8.16. The van der Waals surface area contributed by atoms with Crippen LogP contribution in [-0.2, 0) is 14.6 Å². The van der Waals surface area contributed by atoms with Crippen LogP contribution in [0.1, 0.15) is 6.92 Å². The van der Waals surface area contributed by atoms with Crippen molar-refractivity contribution in [1.82, 2.24) is 0 Å². The van der Waals surface area contributed by atoms with Crippen molar-refractivity contribution in [2.75, 3.05) is 28.9 Å². The number of hydrogen-bond donors (Lipinski definition) is 0. The minimum absolute atomic E-state index is 0.0615. The first kappa shape index (κ1) is 17.6. The topological polar surface area (TPSA) is 76.0 Å². The summed E-state index contributed by atoms with van der Waals surface area (Å²) >= 11 is 6.88. The normalized spacial score (nSPS) is 26.6. The number of alkyl halides is 1. The number of thioether (sulfide) groups is 1. The Hall–Kier alpha value is -1.25. The Kier molecular flexibility index (Phi) is 5.08. The van der Waals surface area contributed by atoms with Gasteiger partial charge in [0.2, 0.25) is 0 Å². The summed E-state index contributed by atoms with van der Waals surface area (Å²) < 4.78 is 29.3. The minimum Gasteiger partial charge on any atom is -0.494 e. The lowest BCUT2D eigenvalue weighted by molar-refractivity contribution is -0.115. The molecule has 2 aliphatic heterocycles. The van der Waals surface area contributed by atoms with Gasteiger partial charge in [-0.05, 0) is 31.2 Å². The van der Waals surface area contributed by atoms with Crippen molar-refractivity contribution in [3.63, 3.8) is 0 Å². The first-order valence-electron chi connectivity index (χ1n) is 7.50. The van der Waals surface area contributed by atoms with Crippen LogP contribution in [0.4, 0.5) is 5.69 Å². The van der Waals surface area contributed by atoms with Crippen molar-refractivity contribution in [3.8, 4) is 5.75 Å². The van der Waals surface area contributed by atoms with Crippen LogP contribution in [0.2, 0.25) is 0 Å². The smallest absolute Gasteiger partial charge is 0.262 e. The molecule has 2 unspecified atom stereocenters. The molecule has 0 N–H and O–H groups in total. The number of hydrogen-bond acceptors (Lipinski definition) is 5. The van der Waals surface area contributed by atoms with Gasteiger partial charge in [-0.3, -0.25) is 4.79 Å². The lowest BCUT2D eigenvalue weighted by Crippen LogP contribution is -2.37. The highest BCUT2D eigenvalue weighted by atomic mass is 35.5. The summed E-state index contributed by atoms with van der Waals surface area (Å²) in [5.41, 5.74) is 0.789. The molecule has 0 aromatic heterocycles. The second kappa shape index (κ2) is 6.93. The molecule has 2 heterocycles. The van der Waals surface area contributed by atoms with Gasteiger partial charge in [0.05, 0.1) is 24.2 Å². The molecule has 3 rings (SSSR count). The number of carbonyl (C=O) groups is 1. The Bertz CT molecular complexity index is 764. The lowest BCUT2D eigenvalue weighted by atomic mass is 10.2. The average Bonchev–Trinajstić information content (AvgIpc) is 2.99. The molecule has 2 saturated heterocycles. The highest BCUT2D eigenvalue weighted by Gasteiger charge is 2.49. The number of rotatable bonds is 4. The monoisotopic (exact) mass is 388 g/mol. The van der Waals surface area contributed by atoms with Crippen molar-refractivity contribution in [3.05, 3.63) is 24.3 Å². The van der Waals surface area contributed by atoms with E-state index < -0.39 is 15.7 Å². The maximum absolute atomic E-state index is 12.0. The maximum Gasteiger partial charge on any atom is 0.262 e. The molecule has 2 atom stereocenters. The molecule has 9 heteroatoms. The van der Waals surface area contributed by atoms with Gasteiger partial charge in [-0.1, -0.05) is 11.8 Å². The summed E-state index contributed by atoms with van der Waals surface area (Å²) in [7, 11) is -3.07. The largest absolute Gasteiger partial charge is 0.494 e. The van der Waals surface area contributed by atoms with Crippen LogP contribution >= 0.6 is 23.4 Å². The number of amides is 1. The zero-order valence-electron chi connectivity index (χ0n) is 13.0. The van der Waals surface area contributed by atoms with E-state index in [0.29, 0.717) is 11.8 Å². The van der Waals surface area contributed by atoms with Crippen LogP contribution in [0.15, 0.2) is 29.3 Å². The van der Waals surface area contributed by atoms with Crippen molar-refractivity contribution < 1.29 is 17.9 Å². The molecule has 1 aromatic carbocycles. The fourth-order valence-electron chi connectivity index (χ4n) is 2.87. The molecule has 0 spiro atoms. The van der Waals surface area contributed by atoms with Gasteiger partial charge >= 0.3 is 0 Å². The number of sulfone groups is 1. The Morgan fingerprint density at radius 3 is 2.71 bits per heavy atom. The number of benzene rings is 1. The van der Waals surface area contributed by atoms with Gasteiger partial charge in [0, 0.05) is 10.9 Å². The van der Waals surface area contributed by atoms with Gasteiger partial charge in [-0.25, -0.2) is 8.42 Å². The number of aliphatic imine (C=N–C) groups is 1. The predicted octanol–water partition coefficient (Wildman–Crippen LogP) is 1.93. The molecule has 6 nitrogen and oxygen atoms in total. The fourth-order valence-corrected chi connectivity index (χ4v) is 6.86. The number of amidine groups is 1. The highest BCUT2D eigenvalue weighted by Crippen LogP contribution is 2.41. The molecule has 2 aliphatic rings. The second-order valence-electron chi connectivity index (χ2n) is 5.52. The fraction of sp³-hybridized carbons (Fsp3) is 0.467. The minimum atomic E-state index is -3.07. The van der Waals surface area contributed by atoms with E-state index in [2.05, 4.69) is 4.99 Å². The molecule has 1 amide bonds. The van der Waals surface area contributed by atoms with Gasteiger partial charge in [0.1, 0.15) is 11.6 Å². The van der Waals surface area contributed by atoms with E-state index in [-0.39, 0.29) is 28.7 Å². The molecule has 0 aliphatic carbocycles. The van der Waals surface area contributed by atoms with E-state index in [1.807, 2.05) is 36.1 Å². The molecule has 0 saturated carbocycles. The van der Waals surface area contributed by atoms with Gasteiger partial charge in [-0.2, -0.15) is 4.99 Å². The molecule has 24 heavy (non-hydrogen) atoms. The van der Waals surface area contributed by atoms with Crippen LogP contribution in [0, 0.1) is 0 Å². The van der Waals surface area contributed by atoms with E-state index in [0.717, 1.165) is 11.4 Å². The predicted molar refractivity (Wildman–Crippen MR) is 97.1 cm³/mol. The summed E-state index contributed by atoms with van der Waals surface area (Å²) in [5.74, 6) is 0.266. The zero-order chi connectivity index (χ0) is 17.3. The zero-order valence-corrected chi connectivity index (χ0v) is 15.4. The van der Waals surface area contributed by atoms with Crippen LogP contribution in [0.3, 0.4) is 0 Å². The van der Waals surface area contributed by atoms with Crippen LogP contribution in [-0.4, -0.2) is 54.8 Å². The SMILES string of the molecule is CCOc1ccc(N2C(=NC(=O)CCl)SC3CS(=O)(=O)CC32)cc1. The average molecular weight is 389 g/mol. The maximum atomic E-state index is 12.0. The van der Waals surface area contributed by atoms with E-state index in [1.165, 1.54) is 11.8 Å². The Labute approximate surface area is 150 Å². The second-order valence-corrected chi connectivity index (χ2v) is 9.15. The molecular formula is C15H17ClN2O4S2. The van der Waals surface area contributed by atoms with E-state index >= 15 is 0 Å². The Morgan fingerprint density at radius 1 is 1.38 bits per heavy atom. The summed E-state index contributed by atoms with van der Waals surface area (Å²) in [5, 5.41) is 0.387. The number of fused-ring (bicyclic) bond motifs is 1. The number of ether oxygens (including phenoxy) is 1. The molecule has 2 fully saturated rings. The molecule has 1 aromatic rings. The Balaban J connectivity index is 1.95. The first-order chi connectivity index (χ1) is 11.4. The quantitative estimate of drug-likeness (QED) is 0.733. The van der Waals surface area contributed by atoms with E-state index in [1.54, 1.807) is 0 Å². The van der Waals surface area contributed by atoms with Crippen LogP contribution < -0.4 is 9.64 Å². The molecule has 0 radical (unpaired) electrons. The summed E-state index contributed by atoms with van der Waals surface area (Å²) in [6.45, 7) is 2.47. The number of carbonyl (C=O) groups excluding carboxylic acids is 1. The third kappa shape index (κ3) is 3.55. The number of anilines is 1. The number of nitrogens with zero attached hydrogens (tertiary/aromatic N) is 2.